The summed E-state index contributed by atoms with van der Waals surface area (Å²) in [6.07, 6.45) is 2.05. The van der Waals surface area contributed by atoms with E-state index in [1.54, 1.807) is 0 Å². The number of amides is 1. The average molecular weight is 291 g/mol. The summed E-state index contributed by atoms with van der Waals surface area (Å²) >= 11 is 0. The summed E-state index contributed by atoms with van der Waals surface area (Å²) in [5.74, 6) is 0.721. The van der Waals surface area contributed by atoms with Crippen LogP contribution in [0.15, 0.2) is 30.3 Å². The quantitative estimate of drug-likeness (QED) is 0.650. The Morgan fingerprint density at radius 1 is 1.19 bits per heavy atom. The summed E-state index contributed by atoms with van der Waals surface area (Å²) < 4.78 is 0. The monoisotopic (exact) mass is 291 g/mol. The molecule has 2 N–H and O–H groups in total. The van der Waals surface area contributed by atoms with Crippen LogP contribution < -0.4 is 15.5 Å². The third-order valence-electron chi connectivity index (χ3n) is 3.37. The van der Waals surface area contributed by atoms with Crippen molar-refractivity contribution in [2.75, 3.05) is 38.1 Å². The standard InChI is InChI=1S/C17H29N3O/c1-15(2)10-12-19-17(21)14-18-11-7-13-20(3)16-8-5-4-6-9-16/h4-6,8-9,15,18H,7,10-14H2,1-3H3,(H,19,21). The maximum absolute atomic E-state index is 11.6. The van der Waals surface area contributed by atoms with Crippen molar-refractivity contribution in [2.45, 2.75) is 26.7 Å². The fourth-order valence-electron chi connectivity index (χ4n) is 2.02. The fraction of sp³-hybridized carbons (Fsp3) is 0.588. The molecule has 1 aromatic rings. The number of carbonyl (C=O) groups excluding carboxylic acids is 1. The summed E-state index contributed by atoms with van der Waals surface area (Å²) in [6, 6.07) is 10.3. The number of rotatable bonds is 10. The van der Waals surface area contributed by atoms with E-state index in [2.05, 4.69) is 48.6 Å². The lowest BCUT2D eigenvalue weighted by atomic mass is 10.1. The second-order valence-electron chi connectivity index (χ2n) is 5.82. The van der Waals surface area contributed by atoms with Crippen LogP contribution in [0.2, 0.25) is 0 Å². The number of anilines is 1. The largest absolute Gasteiger partial charge is 0.375 e. The van der Waals surface area contributed by atoms with Crippen molar-refractivity contribution in [1.82, 2.24) is 10.6 Å². The molecule has 0 saturated carbocycles. The lowest BCUT2D eigenvalue weighted by Gasteiger charge is -2.19. The van der Waals surface area contributed by atoms with Gasteiger partial charge in [-0.25, -0.2) is 0 Å². The van der Waals surface area contributed by atoms with Gasteiger partial charge in [0.25, 0.3) is 0 Å². The third kappa shape index (κ3) is 8.35. The molecule has 1 amide bonds. The van der Waals surface area contributed by atoms with Gasteiger partial charge in [0.15, 0.2) is 0 Å². The minimum absolute atomic E-state index is 0.0899. The number of hydrogen-bond acceptors (Lipinski definition) is 3. The predicted molar refractivity (Wildman–Crippen MR) is 89.7 cm³/mol. The zero-order chi connectivity index (χ0) is 15.5. The first-order valence-corrected chi connectivity index (χ1v) is 7.83. The Hall–Kier alpha value is -1.55. The molecule has 118 valence electrons. The molecule has 0 aromatic heterocycles. The third-order valence-corrected chi connectivity index (χ3v) is 3.37. The van der Waals surface area contributed by atoms with Crippen molar-refractivity contribution in [1.29, 1.82) is 0 Å². The Bertz CT molecular complexity index is 392. The molecule has 1 aromatic carbocycles. The highest BCUT2D eigenvalue weighted by atomic mass is 16.1. The molecule has 0 unspecified atom stereocenters. The topological polar surface area (TPSA) is 44.4 Å². The summed E-state index contributed by atoms with van der Waals surface area (Å²) in [4.78, 5) is 13.8. The number of nitrogens with zero attached hydrogens (tertiary/aromatic N) is 1. The predicted octanol–water partition coefficient (Wildman–Crippen LogP) is 2.26. The van der Waals surface area contributed by atoms with Gasteiger partial charge in [-0.2, -0.15) is 0 Å². The number of nitrogens with one attached hydrogen (secondary N) is 2. The van der Waals surface area contributed by atoms with E-state index in [1.165, 1.54) is 5.69 Å². The molecule has 0 saturated heterocycles. The second kappa shape index (κ2) is 10.2. The molecule has 0 aliphatic carbocycles. The lowest BCUT2D eigenvalue weighted by molar-refractivity contribution is -0.120. The molecule has 0 atom stereocenters. The molecular weight excluding hydrogens is 262 g/mol. The van der Waals surface area contributed by atoms with E-state index in [1.807, 2.05) is 18.2 Å². The van der Waals surface area contributed by atoms with E-state index >= 15 is 0 Å². The summed E-state index contributed by atoms with van der Waals surface area (Å²) in [5.41, 5.74) is 1.23. The Kier molecular flexibility index (Phi) is 8.51. The Morgan fingerprint density at radius 2 is 1.90 bits per heavy atom. The Labute approximate surface area is 128 Å². The van der Waals surface area contributed by atoms with Crippen molar-refractivity contribution in [3.63, 3.8) is 0 Å². The van der Waals surface area contributed by atoms with Gasteiger partial charge < -0.3 is 15.5 Å². The molecule has 0 radical (unpaired) electrons. The zero-order valence-corrected chi connectivity index (χ0v) is 13.6. The fourth-order valence-corrected chi connectivity index (χ4v) is 2.02. The SMILES string of the molecule is CC(C)CCNC(=O)CNCCCN(C)c1ccccc1. The normalized spacial score (nSPS) is 10.7. The molecule has 21 heavy (non-hydrogen) atoms. The van der Waals surface area contributed by atoms with E-state index in [0.29, 0.717) is 12.5 Å². The summed E-state index contributed by atoms with van der Waals surface area (Å²) in [5, 5.41) is 6.12. The van der Waals surface area contributed by atoms with Gasteiger partial charge in [0.1, 0.15) is 0 Å². The molecule has 1 rings (SSSR count). The highest BCUT2D eigenvalue weighted by Crippen LogP contribution is 2.10. The zero-order valence-electron chi connectivity index (χ0n) is 13.6. The van der Waals surface area contributed by atoms with Crippen molar-refractivity contribution in [3.8, 4) is 0 Å². The first kappa shape index (κ1) is 17.5. The van der Waals surface area contributed by atoms with E-state index in [0.717, 1.165) is 32.5 Å². The maximum Gasteiger partial charge on any atom is 0.233 e. The molecule has 0 aliphatic heterocycles. The average Bonchev–Trinajstić information content (AvgIpc) is 2.47. The van der Waals surface area contributed by atoms with E-state index < -0.39 is 0 Å². The molecule has 0 fully saturated rings. The molecule has 0 aliphatic rings. The van der Waals surface area contributed by atoms with Gasteiger partial charge in [0, 0.05) is 25.8 Å². The van der Waals surface area contributed by atoms with Crippen molar-refractivity contribution in [3.05, 3.63) is 30.3 Å². The summed E-state index contributed by atoms with van der Waals surface area (Å²) in [6.45, 7) is 7.34. The molecular formula is C17H29N3O. The molecule has 0 heterocycles. The minimum atomic E-state index is 0.0899. The van der Waals surface area contributed by atoms with Crippen LogP contribution in [0.1, 0.15) is 26.7 Å². The van der Waals surface area contributed by atoms with E-state index in [9.17, 15) is 4.79 Å². The van der Waals surface area contributed by atoms with Crippen LogP contribution in [0.5, 0.6) is 0 Å². The Morgan fingerprint density at radius 3 is 2.57 bits per heavy atom. The second-order valence-corrected chi connectivity index (χ2v) is 5.82. The molecule has 4 nitrogen and oxygen atoms in total. The van der Waals surface area contributed by atoms with Gasteiger partial charge in [-0.15, -0.1) is 0 Å². The smallest absolute Gasteiger partial charge is 0.233 e. The van der Waals surface area contributed by atoms with Crippen LogP contribution in [0.3, 0.4) is 0 Å². The lowest BCUT2D eigenvalue weighted by Crippen LogP contribution is -2.35. The highest BCUT2D eigenvalue weighted by molar-refractivity contribution is 5.77. The maximum atomic E-state index is 11.6. The Balaban J connectivity index is 2.03. The minimum Gasteiger partial charge on any atom is -0.375 e. The number of hydrogen-bond donors (Lipinski definition) is 2. The first-order chi connectivity index (χ1) is 10.1. The van der Waals surface area contributed by atoms with Crippen LogP contribution in [0, 0.1) is 5.92 Å². The van der Waals surface area contributed by atoms with E-state index in [4.69, 9.17) is 0 Å². The van der Waals surface area contributed by atoms with Gasteiger partial charge in [0.05, 0.1) is 6.54 Å². The van der Waals surface area contributed by atoms with Gasteiger partial charge >= 0.3 is 0 Å². The van der Waals surface area contributed by atoms with E-state index in [-0.39, 0.29) is 5.91 Å². The number of benzene rings is 1. The van der Waals surface area contributed by atoms with Crippen LogP contribution >= 0.6 is 0 Å². The highest BCUT2D eigenvalue weighted by Gasteiger charge is 2.02. The number of para-hydroxylation sites is 1. The van der Waals surface area contributed by atoms with Gasteiger partial charge in [-0.1, -0.05) is 32.0 Å². The van der Waals surface area contributed by atoms with Gasteiger partial charge in [-0.05, 0) is 37.4 Å². The van der Waals surface area contributed by atoms with Crippen LogP contribution in [0.4, 0.5) is 5.69 Å². The van der Waals surface area contributed by atoms with Gasteiger partial charge in [-0.3, -0.25) is 4.79 Å². The van der Waals surface area contributed by atoms with Crippen molar-refractivity contribution < 1.29 is 4.79 Å². The van der Waals surface area contributed by atoms with Crippen LogP contribution in [-0.4, -0.2) is 39.1 Å². The molecule has 0 spiro atoms. The molecule has 0 bridgehead atoms. The van der Waals surface area contributed by atoms with Crippen molar-refractivity contribution >= 4 is 11.6 Å². The van der Waals surface area contributed by atoms with Gasteiger partial charge in [0.2, 0.25) is 5.91 Å². The summed E-state index contributed by atoms with van der Waals surface area (Å²) in [7, 11) is 2.09. The van der Waals surface area contributed by atoms with Crippen molar-refractivity contribution in [2.24, 2.45) is 5.92 Å². The first-order valence-electron chi connectivity index (χ1n) is 7.83. The number of carbonyl (C=O) groups is 1. The molecule has 4 heteroatoms. The van der Waals surface area contributed by atoms with Crippen LogP contribution in [0.25, 0.3) is 0 Å². The van der Waals surface area contributed by atoms with Crippen LogP contribution in [-0.2, 0) is 4.79 Å².